The van der Waals surface area contributed by atoms with Gasteiger partial charge in [-0.05, 0) is 83.5 Å². The molecule has 2 atom stereocenters. The summed E-state index contributed by atoms with van der Waals surface area (Å²) < 4.78 is 5.48. The summed E-state index contributed by atoms with van der Waals surface area (Å²) in [5.74, 6) is -0.0637. The lowest BCUT2D eigenvalue weighted by Crippen LogP contribution is -2.45. The molecule has 440 valence electrons. The Morgan fingerprint density at radius 2 is 0.680 bits per heavy atom. The van der Waals surface area contributed by atoms with Crippen molar-refractivity contribution >= 4 is 11.9 Å². The summed E-state index contributed by atoms with van der Waals surface area (Å²) in [6.45, 7) is 4.87. The van der Waals surface area contributed by atoms with Crippen LogP contribution in [0.2, 0.25) is 0 Å². The van der Waals surface area contributed by atoms with Crippen molar-refractivity contribution in [2.45, 2.75) is 366 Å². The lowest BCUT2D eigenvalue weighted by atomic mass is 10.0. The van der Waals surface area contributed by atoms with E-state index >= 15 is 0 Å². The van der Waals surface area contributed by atoms with Gasteiger partial charge in [0.15, 0.2) is 0 Å². The molecule has 1 amide bonds. The number of aliphatic hydroxyl groups excluding tert-OH is 2. The second-order valence-corrected chi connectivity index (χ2v) is 22.8. The van der Waals surface area contributed by atoms with Crippen molar-refractivity contribution in [2.24, 2.45) is 0 Å². The SMILES string of the molecule is CCCC/C=C\C/C=C\CCCCCCCC(=O)OCCCCCCCCCCCCCC/C=C\CCCCCCCCCCCCCCCCC(=O)NC(CO)C(O)/C=C/CCCCCCCCCCCCCC. The highest BCUT2D eigenvalue weighted by molar-refractivity contribution is 5.76. The molecule has 0 fully saturated rings. The molecule has 0 aromatic heterocycles. The van der Waals surface area contributed by atoms with Gasteiger partial charge in [-0.3, -0.25) is 9.59 Å². The first-order chi connectivity index (χ1) is 37.0. The highest BCUT2D eigenvalue weighted by Gasteiger charge is 2.18. The molecule has 0 saturated carbocycles. The minimum absolute atomic E-state index is 0.00194. The Balaban J connectivity index is 3.38. The quantitative estimate of drug-likeness (QED) is 0.0320. The summed E-state index contributed by atoms with van der Waals surface area (Å²) >= 11 is 0. The van der Waals surface area contributed by atoms with E-state index in [2.05, 4.69) is 55.6 Å². The second-order valence-electron chi connectivity index (χ2n) is 22.8. The molecule has 75 heavy (non-hydrogen) atoms. The van der Waals surface area contributed by atoms with Gasteiger partial charge in [0.1, 0.15) is 0 Å². The number of unbranched alkanes of at least 4 members (excludes halogenated alkanes) is 45. The van der Waals surface area contributed by atoms with Gasteiger partial charge in [0, 0.05) is 12.8 Å². The Morgan fingerprint density at radius 1 is 0.373 bits per heavy atom. The van der Waals surface area contributed by atoms with Crippen LogP contribution in [-0.4, -0.2) is 47.4 Å². The zero-order valence-corrected chi connectivity index (χ0v) is 50.3. The molecule has 0 spiro atoms. The predicted octanol–water partition coefficient (Wildman–Crippen LogP) is 21.3. The smallest absolute Gasteiger partial charge is 0.305 e. The average Bonchev–Trinajstić information content (AvgIpc) is 3.41. The van der Waals surface area contributed by atoms with E-state index in [1.165, 1.54) is 276 Å². The van der Waals surface area contributed by atoms with Crippen molar-refractivity contribution in [1.82, 2.24) is 5.32 Å². The molecule has 6 heteroatoms. The van der Waals surface area contributed by atoms with E-state index in [4.69, 9.17) is 4.74 Å². The second kappa shape index (κ2) is 64.3. The van der Waals surface area contributed by atoms with E-state index in [0.29, 0.717) is 19.4 Å². The molecule has 0 aliphatic heterocycles. The molecular weight excluding hydrogens is 923 g/mol. The Morgan fingerprint density at radius 3 is 1.07 bits per heavy atom. The van der Waals surface area contributed by atoms with Crippen LogP contribution < -0.4 is 5.32 Å². The normalized spacial score (nSPS) is 12.9. The minimum Gasteiger partial charge on any atom is -0.466 e. The van der Waals surface area contributed by atoms with Gasteiger partial charge in [-0.1, -0.05) is 306 Å². The number of allylic oxidation sites excluding steroid dienone is 7. The van der Waals surface area contributed by atoms with Crippen LogP contribution in [0.1, 0.15) is 354 Å². The molecule has 0 rings (SSSR count). The molecule has 2 unspecified atom stereocenters. The number of hydrogen-bond donors (Lipinski definition) is 3. The summed E-state index contributed by atoms with van der Waals surface area (Å²) in [7, 11) is 0. The van der Waals surface area contributed by atoms with Crippen LogP contribution in [-0.2, 0) is 14.3 Å². The van der Waals surface area contributed by atoms with Crippen molar-refractivity contribution in [2.75, 3.05) is 13.2 Å². The van der Waals surface area contributed by atoms with Gasteiger partial charge in [0.2, 0.25) is 5.91 Å². The maximum Gasteiger partial charge on any atom is 0.305 e. The Labute approximate surface area is 467 Å². The van der Waals surface area contributed by atoms with E-state index in [1.54, 1.807) is 6.08 Å². The maximum absolute atomic E-state index is 12.5. The van der Waals surface area contributed by atoms with Gasteiger partial charge in [0.05, 0.1) is 25.4 Å². The summed E-state index contributed by atoms with van der Waals surface area (Å²) in [5.41, 5.74) is 0. The molecule has 0 aliphatic rings. The average molecular weight is 1050 g/mol. The van der Waals surface area contributed by atoms with Crippen molar-refractivity contribution in [3.63, 3.8) is 0 Å². The number of esters is 1. The first-order valence-electron chi connectivity index (χ1n) is 33.4. The van der Waals surface area contributed by atoms with E-state index in [1.807, 2.05) is 6.08 Å². The highest BCUT2D eigenvalue weighted by atomic mass is 16.5. The first-order valence-corrected chi connectivity index (χ1v) is 33.4. The molecule has 0 saturated heterocycles. The number of rotatable bonds is 62. The largest absolute Gasteiger partial charge is 0.466 e. The fourth-order valence-corrected chi connectivity index (χ4v) is 10.2. The van der Waals surface area contributed by atoms with E-state index in [0.717, 1.165) is 51.4 Å². The van der Waals surface area contributed by atoms with E-state index in [-0.39, 0.29) is 18.5 Å². The topological polar surface area (TPSA) is 95.9 Å². The number of hydrogen-bond acceptors (Lipinski definition) is 5. The lowest BCUT2D eigenvalue weighted by Gasteiger charge is -2.20. The summed E-state index contributed by atoms with van der Waals surface area (Å²) in [6.07, 6.45) is 83.2. The Kier molecular flexibility index (Phi) is 62.5. The number of amides is 1. The van der Waals surface area contributed by atoms with Crippen LogP contribution in [0.3, 0.4) is 0 Å². The fourth-order valence-electron chi connectivity index (χ4n) is 10.2. The molecule has 0 bridgehead atoms. The number of ether oxygens (including phenoxy) is 1. The monoisotopic (exact) mass is 1050 g/mol. The molecule has 0 aromatic rings. The van der Waals surface area contributed by atoms with Crippen LogP contribution in [0.15, 0.2) is 48.6 Å². The molecule has 0 aliphatic carbocycles. The highest BCUT2D eigenvalue weighted by Crippen LogP contribution is 2.17. The van der Waals surface area contributed by atoms with Crippen LogP contribution in [0.5, 0.6) is 0 Å². The fraction of sp³-hybridized carbons (Fsp3) is 0.855. The Hall–Kier alpha value is -2.18. The Bertz CT molecular complexity index is 1260. The van der Waals surface area contributed by atoms with Gasteiger partial charge in [0.25, 0.3) is 0 Å². The lowest BCUT2D eigenvalue weighted by molar-refractivity contribution is -0.143. The van der Waals surface area contributed by atoms with Crippen LogP contribution in [0, 0.1) is 0 Å². The third-order valence-corrected chi connectivity index (χ3v) is 15.3. The van der Waals surface area contributed by atoms with Crippen molar-refractivity contribution in [3.8, 4) is 0 Å². The molecule has 6 nitrogen and oxygen atoms in total. The number of carbonyl (C=O) groups is 2. The van der Waals surface area contributed by atoms with Crippen molar-refractivity contribution in [3.05, 3.63) is 48.6 Å². The molecular formula is C69H129NO5. The standard InChI is InChI=1S/C69H129NO5/c1-3-5-7-9-11-13-15-17-37-41-45-49-53-57-61-67(72)66(65-71)70-68(73)62-58-54-50-46-42-38-35-33-31-29-27-25-23-21-19-20-22-24-26-28-30-32-34-36-40-44-48-52-56-60-64-75-69(74)63-59-55-51-47-43-39-18-16-14-12-10-8-6-4-2/h10,12,16,18,20,22,57,61,66-67,71-72H,3-9,11,13-15,17,19,21,23-56,58-60,62-65H2,1-2H3,(H,70,73)/b12-10-,18-16-,22-20-,61-57+. The summed E-state index contributed by atoms with van der Waals surface area (Å²) in [5, 5.41) is 23.1. The third kappa shape index (κ3) is 60.9. The summed E-state index contributed by atoms with van der Waals surface area (Å²) in [4.78, 5) is 24.5. The molecule has 0 heterocycles. The van der Waals surface area contributed by atoms with Crippen molar-refractivity contribution < 1.29 is 24.5 Å². The first kappa shape index (κ1) is 72.8. The third-order valence-electron chi connectivity index (χ3n) is 15.3. The van der Waals surface area contributed by atoms with E-state index in [9.17, 15) is 19.8 Å². The summed E-state index contributed by atoms with van der Waals surface area (Å²) in [6, 6.07) is -0.627. The zero-order valence-electron chi connectivity index (χ0n) is 50.3. The van der Waals surface area contributed by atoms with Gasteiger partial charge in [-0.25, -0.2) is 0 Å². The van der Waals surface area contributed by atoms with Gasteiger partial charge >= 0.3 is 5.97 Å². The van der Waals surface area contributed by atoms with E-state index < -0.39 is 12.1 Å². The number of carbonyl (C=O) groups excluding carboxylic acids is 2. The van der Waals surface area contributed by atoms with Gasteiger partial charge in [-0.15, -0.1) is 0 Å². The van der Waals surface area contributed by atoms with Crippen LogP contribution in [0.25, 0.3) is 0 Å². The number of nitrogens with one attached hydrogen (secondary N) is 1. The van der Waals surface area contributed by atoms with Gasteiger partial charge in [-0.2, -0.15) is 0 Å². The van der Waals surface area contributed by atoms with Crippen LogP contribution >= 0.6 is 0 Å². The minimum atomic E-state index is -0.843. The zero-order chi connectivity index (χ0) is 54.3. The molecule has 0 radical (unpaired) electrons. The van der Waals surface area contributed by atoms with Crippen molar-refractivity contribution in [1.29, 1.82) is 0 Å². The predicted molar refractivity (Wildman–Crippen MR) is 329 cm³/mol. The van der Waals surface area contributed by atoms with Crippen LogP contribution in [0.4, 0.5) is 0 Å². The van der Waals surface area contributed by atoms with Gasteiger partial charge < -0.3 is 20.3 Å². The molecule has 3 N–H and O–H groups in total. The maximum atomic E-state index is 12.5. The molecule has 0 aromatic carbocycles. The number of aliphatic hydroxyl groups is 2.